The molecule has 4 aliphatic rings. The van der Waals surface area contributed by atoms with E-state index < -0.39 is 77.3 Å². The van der Waals surface area contributed by atoms with Crippen LogP contribution in [0.1, 0.15) is 97.5 Å². The van der Waals surface area contributed by atoms with Gasteiger partial charge >= 0.3 is 18.0 Å². The maximum Gasteiger partial charge on any atom is 0.329 e. The summed E-state index contributed by atoms with van der Waals surface area (Å²) in [5.74, 6) is 2.87. The van der Waals surface area contributed by atoms with Crippen molar-refractivity contribution in [1.82, 2.24) is 15.1 Å². The molecule has 14 nitrogen and oxygen atoms in total. The minimum Gasteiger partial charge on any atom is -0.497 e. The van der Waals surface area contributed by atoms with Gasteiger partial charge in [-0.05, 0) is 84.0 Å². The molecule has 5 aromatic rings. The fraction of sp³-hybridized carbons (Fsp3) is 0.362. The summed E-state index contributed by atoms with van der Waals surface area (Å²) in [5, 5.41) is 13.0. The molecule has 5 aromatic carbocycles. The molecule has 4 heterocycles. The van der Waals surface area contributed by atoms with Crippen LogP contribution in [0.25, 0.3) is 0 Å². The predicted octanol–water partition coefficient (Wildman–Crippen LogP) is 7.83. The van der Waals surface area contributed by atoms with Gasteiger partial charge in [0.15, 0.2) is 0 Å². The number of hydrogen-bond donors (Lipinski definition) is 2. The van der Waals surface area contributed by atoms with Crippen LogP contribution in [-0.4, -0.2) is 97.3 Å². The van der Waals surface area contributed by atoms with Crippen molar-refractivity contribution in [2.45, 2.75) is 81.6 Å². The lowest BCUT2D eigenvalue weighted by Crippen LogP contribution is -2.58. The molecule has 372 valence electrons. The van der Waals surface area contributed by atoms with Gasteiger partial charge in [-0.25, -0.2) is 14.5 Å². The number of carbonyl (C=O) groups excluding carboxylic acids is 5. The lowest BCUT2D eigenvalue weighted by molar-refractivity contribution is -0.179. The Morgan fingerprint density at radius 1 is 0.778 bits per heavy atom. The maximum atomic E-state index is 16.9. The molecule has 0 radical (unpaired) electrons. The molecule has 4 amide bonds. The van der Waals surface area contributed by atoms with E-state index in [1.807, 2.05) is 83.8 Å². The number of para-hydroxylation sites is 1. The van der Waals surface area contributed by atoms with Gasteiger partial charge in [0.1, 0.15) is 41.7 Å². The van der Waals surface area contributed by atoms with Crippen LogP contribution in [0.5, 0.6) is 11.5 Å². The van der Waals surface area contributed by atoms with Crippen molar-refractivity contribution in [3.8, 4) is 23.3 Å². The van der Waals surface area contributed by atoms with Crippen molar-refractivity contribution in [3.63, 3.8) is 0 Å². The summed E-state index contributed by atoms with van der Waals surface area (Å²) in [6.45, 7) is 3.84. The number of methoxy groups -OCH3 is 2. The number of imide groups is 1. The third kappa shape index (κ3) is 9.07. The number of rotatable bonds is 11. The monoisotopic (exact) mass is 972 g/mol. The van der Waals surface area contributed by atoms with Crippen molar-refractivity contribution in [2.75, 3.05) is 45.4 Å². The Kier molecular flexibility index (Phi) is 14.8. The predicted molar refractivity (Wildman–Crippen MR) is 269 cm³/mol. The van der Waals surface area contributed by atoms with Crippen LogP contribution < -0.4 is 19.7 Å². The second-order valence-corrected chi connectivity index (χ2v) is 19.0. The summed E-state index contributed by atoms with van der Waals surface area (Å²) in [7, 11) is 2.81. The van der Waals surface area contributed by atoms with Crippen LogP contribution in [0, 0.1) is 23.7 Å². The molecule has 0 aliphatic carbocycles. The van der Waals surface area contributed by atoms with Gasteiger partial charge in [0, 0.05) is 29.8 Å². The number of benzene rings is 5. The number of likely N-dealkylation sites (tertiary alicyclic amines) is 1. The molecule has 0 aromatic heterocycles. The minimum atomic E-state index is -2.09. The number of carbonyl (C=O) groups is 5. The smallest absolute Gasteiger partial charge is 0.329 e. The number of nitrogens with zero attached hydrogens (tertiary/aromatic N) is 3. The number of amides is 4. The van der Waals surface area contributed by atoms with E-state index in [1.54, 1.807) is 74.4 Å². The fourth-order valence-corrected chi connectivity index (χ4v) is 11.2. The minimum absolute atomic E-state index is 0.110. The average Bonchev–Trinajstić information content (AvgIpc) is 3.85. The molecule has 7 atom stereocenters. The van der Waals surface area contributed by atoms with Gasteiger partial charge in [0.25, 0.3) is 0 Å². The summed E-state index contributed by atoms with van der Waals surface area (Å²) >= 11 is 0. The van der Waals surface area contributed by atoms with Crippen LogP contribution >= 0.6 is 0 Å². The topological polar surface area (TPSA) is 164 Å². The standard InChI is InChI=1S/C58H60N4O10/c1-37(2)48(54(65)70-4)59-57(68)61-45-31-28-39(25-24-38-26-29-42(69-3)30-27-38)36-44(45)58(56(61)67)47(53(64)60-32-16-6-5-7-17-33-60)50-55(66)72-51(41-20-12-9-13-21-41)49(40-18-10-8-11-19-40)62(50)52(58)43-22-14-15-23-46(43)71-35-34-63/h8-15,18-23,26-31,36-37,47-52,63H,5-7,16-17,32-35H2,1-4H3,(H,59,68)/t47-,48+,49-,50-,51+,52+,58-/m1/s1. The molecule has 14 heteroatoms. The summed E-state index contributed by atoms with van der Waals surface area (Å²) in [4.78, 5) is 82.3. The van der Waals surface area contributed by atoms with Crippen molar-refractivity contribution in [3.05, 3.63) is 161 Å². The van der Waals surface area contributed by atoms with Crippen molar-refractivity contribution in [2.24, 2.45) is 11.8 Å². The summed E-state index contributed by atoms with van der Waals surface area (Å²) in [5.41, 5.74) is 1.34. The SMILES string of the molecule is COC(=O)[C@@H](NC(=O)N1C(=O)[C@@]2(c3cc(C#Cc4ccc(OC)cc4)ccc31)[C@H](c1ccccc1OCCO)N1[C@H](c3ccccc3)[C@H](c3ccccc3)OC(=O)[C@H]1[C@@H]2C(=O)N1CCCCCCC1)C(C)C. The van der Waals surface area contributed by atoms with Crippen LogP contribution in [0.15, 0.2) is 127 Å². The van der Waals surface area contributed by atoms with Gasteiger partial charge in [0.05, 0.1) is 44.5 Å². The Morgan fingerprint density at radius 2 is 1.40 bits per heavy atom. The number of nitrogens with one attached hydrogen (secondary N) is 1. The van der Waals surface area contributed by atoms with Crippen LogP contribution in [0.4, 0.5) is 10.5 Å². The fourth-order valence-electron chi connectivity index (χ4n) is 11.2. The van der Waals surface area contributed by atoms with Gasteiger partial charge in [-0.15, -0.1) is 0 Å². The van der Waals surface area contributed by atoms with Gasteiger partial charge in [-0.2, -0.15) is 0 Å². The van der Waals surface area contributed by atoms with Gasteiger partial charge in [-0.3, -0.25) is 19.3 Å². The molecule has 0 unspecified atom stereocenters. The van der Waals surface area contributed by atoms with E-state index in [-0.39, 0.29) is 24.5 Å². The number of hydrogen-bond acceptors (Lipinski definition) is 11. The number of aliphatic hydroxyl groups excluding tert-OH is 1. The number of cyclic esters (lactones) is 1. The highest BCUT2D eigenvalue weighted by Gasteiger charge is 2.76. The number of fused-ring (bicyclic) bond motifs is 3. The molecule has 4 aliphatic heterocycles. The summed E-state index contributed by atoms with van der Waals surface area (Å²) < 4.78 is 23.6. The first-order valence-electron chi connectivity index (χ1n) is 24.8. The quantitative estimate of drug-likeness (QED) is 0.0980. The van der Waals surface area contributed by atoms with Crippen molar-refractivity contribution in [1.29, 1.82) is 0 Å². The number of morpholine rings is 1. The number of esters is 2. The largest absolute Gasteiger partial charge is 0.497 e. The van der Waals surface area contributed by atoms with Crippen molar-refractivity contribution >= 4 is 35.5 Å². The van der Waals surface area contributed by atoms with E-state index in [4.69, 9.17) is 18.9 Å². The second kappa shape index (κ2) is 21.5. The zero-order valence-corrected chi connectivity index (χ0v) is 41.0. The highest BCUT2D eigenvalue weighted by molar-refractivity contribution is 6.25. The van der Waals surface area contributed by atoms with Gasteiger partial charge in [0.2, 0.25) is 11.8 Å². The van der Waals surface area contributed by atoms with Crippen LogP contribution in [0.2, 0.25) is 0 Å². The molecular weight excluding hydrogens is 913 g/mol. The Balaban J connectivity index is 1.38. The first-order valence-corrected chi connectivity index (χ1v) is 24.8. The Labute approximate surface area is 420 Å². The lowest BCUT2D eigenvalue weighted by atomic mass is 9.64. The van der Waals surface area contributed by atoms with Gasteiger partial charge in [-0.1, -0.05) is 124 Å². The molecule has 3 fully saturated rings. The zero-order chi connectivity index (χ0) is 50.5. The molecule has 3 saturated heterocycles. The number of urea groups is 1. The normalized spacial score (nSPS) is 23.2. The molecule has 0 bridgehead atoms. The highest BCUT2D eigenvalue weighted by atomic mass is 16.6. The van der Waals surface area contributed by atoms with E-state index in [1.165, 1.54) is 7.11 Å². The highest BCUT2D eigenvalue weighted by Crippen LogP contribution is 2.67. The Bertz CT molecular complexity index is 2860. The van der Waals surface area contributed by atoms with E-state index >= 15 is 19.2 Å². The van der Waals surface area contributed by atoms with Crippen LogP contribution in [-0.2, 0) is 34.1 Å². The number of anilines is 1. The first kappa shape index (κ1) is 49.5. The van der Waals surface area contributed by atoms with Crippen molar-refractivity contribution < 1.29 is 48.0 Å². The number of ether oxygens (including phenoxy) is 4. The maximum absolute atomic E-state index is 16.9. The molecule has 72 heavy (non-hydrogen) atoms. The van der Waals surface area contributed by atoms with E-state index in [9.17, 15) is 9.90 Å². The summed E-state index contributed by atoms with van der Waals surface area (Å²) in [6, 6.07) is 32.9. The van der Waals surface area contributed by atoms with E-state index in [0.29, 0.717) is 59.7 Å². The third-order valence-electron chi connectivity index (χ3n) is 14.5. The van der Waals surface area contributed by atoms with E-state index in [2.05, 4.69) is 17.2 Å². The lowest BCUT2D eigenvalue weighted by Gasteiger charge is -2.46. The third-order valence-corrected chi connectivity index (χ3v) is 14.5. The van der Waals surface area contributed by atoms with Crippen LogP contribution in [0.3, 0.4) is 0 Å². The molecule has 1 spiro atoms. The Morgan fingerprint density at radius 3 is 2.06 bits per heavy atom. The Hall–Kier alpha value is -7.47. The first-order chi connectivity index (χ1) is 35.0. The second-order valence-electron chi connectivity index (χ2n) is 19.0. The number of aliphatic hydroxyl groups is 1. The summed E-state index contributed by atoms with van der Waals surface area (Å²) in [6.07, 6.45) is 3.29. The van der Waals surface area contributed by atoms with Gasteiger partial charge < -0.3 is 34.3 Å². The molecular formula is C58H60N4O10. The molecule has 2 N–H and O–H groups in total. The average molecular weight is 973 g/mol. The molecule has 9 rings (SSSR count). The van der Waals surface area contributed by atoms with E-state index in [0.717, 1.165) is 29.7 Å². The zero-order valence-electron chi connectivity index (χ0n) is 41.0. The molecule has 0 saturated carbocycles.